The van der Waals surface area contributed by atoms with E-state index < -0.39 is 36.2 Å². The molecule has 0 saturated carbocycles. The predicted octanol–water partition coefficient (Wildman–Crippen LogP) is 1.73. The summed E-state index contributed by atoms with van der Waals surface area (Å²) in [5, 5.41) is 9.98. The topological polar surface area (TPSA) is 119 Å². The Labute approximate surface area is 186 Å². The summed E-state index contributed by atoms with van der Waals surface area (Å²) in [6, 6.07) is 6.68. The molecule has 9 heteroatoms. The van der Waals surface area contributed by atoms with Gasteiger partial charge >= 0.3 is 11.9 Å². The van der Waals surface area contributed by atoms with Crippen LogP contribution < -0.4 is 5.73 Å². The van der Waals surface area contributed by atoms with E-state index in [0.717, 1.165) is 0 Å². The fraction of sp³-hybridized carbons (Fsp3) is 0.455. The van der Waals surface area contributed by atoms with E-state index in [0.29, 0.717) is 23.1 Å². The number of amides is 1. The normalized spacial score (nSPS) is 21.3. The Hall–Kier alpha value is -2.78. The molecule has 2 aliphatic heterocycles. The molecule has 166 valence electrons. The third kappa shape index (κ3) is 4.33. The molecule has 1 amide bonds. The molecule has 3 atom stereocenters. The van der Waals surface area contributed by atoms with E-state index in [9.17, 15) is 19.5 Å². The van der Waals surface area contributed by atoms with Crippen LogP contribution in [0.25, 0.3) is 5.57 Å². The Morgan fingerprint density at radius 3 is 2.39 bits per heavy atom. The molecule has 3 rings (SSSR count). The largest absolute Gasteiger partial charge is 0.427 e. The highest BCUT2D eigenvalue weighted by molar-refractivity contribution is 7.80. The molecule has 1 aromatic rings. The zero-order chi connectivity index (χ0) is 23.1. The molecule has 0 radical (unpaired) electrons. The number of ether oxygens (including phenoxy) is 2. The maximum Gasteiger partial charge on any atom is 0.358 e. The van der Waals surface area contributed by atoms with Crippen LogP contribution in [0, 0.1) is 11.3 Å². The van der Waals surface area contributed by atoms with Gasteiger partial charge in [-0.3, -0.25) is 9.59 Å². The first-order valence-electron chi connectivity index (χ1n) is 9.92. The molecular formula is C22H26N2O6S. The van der Waals surface area contributed by atoms with Gasteiger partial charge < -0.3 is 25.2 Å². The first kappa shape index (κ1) is 22.9. The van der Waals surface area contributed by atoms with Gasteiger partial charge in [0.25, 0.3) is 0 Å². The average molecular weight is 447 g/mol. The summed E-state index contributed by atoms with van der Waals surface area (Å²) in [6.07, 6.45) is -0.449. The number of aliphatic hydroxyl groups excluding tert-OH is 1. The molecular weight excluding hydrogens is 420 g/mol. The summed E-state index contributed by atoms with van der Waals surface area (Å²) in [4.78, 5) is 39.0. The van der Waals surface area contributed by atoms with E-state index in [2.05, 4.69) is 0 Å². The van der Waals surface area contributed by atoms with E-state index in [4.69, 9.17) is 27.4 Å². The number of carbonyl (C=O) groups is 3. The first-order chi connectivity index (χ1) is 14.4. The molecule has 1 fully saturated rings. The summed E-state index contributed by atoms with van der Waals surface area (Å²) in [5.74, 6) is -2.21. The number of nitrogens with two attached hydrogens (primary N) is 1. The highest BCUT2D eigenvalue weighted by atomic mass is 32.1. The van der Waals surface area contributed by atoms with Crippen LogP contribution in [0.2, 0.25) is 0 Å². The summed E-state index contributed by atoms with van der Waals surface area (Å²) >= 11 is 4.98. The van der Waals surface area contributed by atoms with Gasteiger partial charge in [-0.2, -0.15) is 0 Å². The van der Waals surface area contributed by atoms with Gasteiger partial charge in [0.05, 0.1) is 23.5 Å². The lowest BCUT2D eigenvalue weighted by Crippen LogP contribution is -2.61. The third-order valence-corrected chi connectivity index (χ3v) is 5.67. The number of hydrogen-bond acceptors (Lipinski definition) is 7. The van der Waals surface area contributed by atoms with E-state index >= 15 is 0 Å². The first-order valence-corrected chi connectivity index (χ1v) is 10.3. The van der Waals surface area contributed by atoms with Crippen molar-refractivity contribution in [3.05, 3.63) is 41.1 Å². The van der Waals surface area contributed by atoms with E-state index in [1.165, 1.54) is 4.90 Å². The Morgan fingerprint density at radius 1 is 1.26 bits per heavy atom. The van der Waals surface area contributed by atoms with Gasteiger partial charge in [-0.1, -0.05) is 36.5 Å². The number of rotatable bonds is 6. The highest BCUT2D eigenvalue weighted by Crippen LogP contribution is 2.47. The van der Waals surface area contributed by atoms with Crippen molar-refractivity contribution < 1.29 is 29.0 Å². The minimum atomic E-state index is -0.838. The number of thiocarbonyl (C=S) groups is 1. The molecule has 0 spiro atoms. The highest BCUT2D eigenvalue weighted by Gasteiger charge is 2.57. The Bertz CT molecular complexity index is 961. The Morgan fingerprint density at radius 2 is 1.87 bits per heavy atom. The predicted molar refractivity (Wildman–Crippen MR) is 116 cm³/mol. The van der Waals surface area contributed by atoms with Crippen LogP contribution in [0.15, 0.2) is 30.0 Å². The van der Waals surface area contributed by atoms with Crippen molar-refractivity contribution in [2.75, 3.05) is 6.79 Å². The number of benzene rings is 1. The van der Waals surface area contributed by atoms with E-state index in [1.807, 2.05) is 0 Å². The van der Waals surface area contributed by atoms with Gasteiger partial charge in [-0.05, 0) is 45.3 Å². The maximum atomic E-state index is 12.9. The fourth-order valence-electron chi connectivity index (χ4n) is 3.77. The van der Waals surface area contributed by atoms with Gasteiger partial charge in [-0.15, -0.1) is 0 Å². The number of fused-ring (bicyclic) bond motifs is 1. The summed E-state index contributed by atoms with van der Waals surface area (Å²) in [5.41, 5.74) is 7.02. The smallest absolute Gasteiger partial charge is 0.358 e. The minimum absolute atomic E-state index is 0.0989. The second kappa shape index (κ2) is 8.39. The van der Waals surface area contributed by atoms with Crippen LogP contribution in [0.4, 0.5) is 0 Å². The number of hydrogen-bond donors (Lipinski definition) is 2. The second-order valence-corrected chi connectivity index (χ2v) is 9.19. The lowest BCUT2D eigenvalue weighted by Gasteiger charge is -2.44. The second-order valence-electron chi connectivity index (χ2n) is 8.75. The molecule has 8 nitrogen and oxygen atoms in total. The van der Waals surface area contributed by atoms with Gasteiger partial charge in [0.15, 0.2) is 0 Å². The molecule has 0 aromatic heterocycles. The number of nitrogens with zero attached hydrogens (tertiary/aromatic N) is 1. The molecule has 31 heavy (non-hydrogen) atoms. The number of β-lactam (4-membered cyclic amide) rings is 1. The summed E-state index contributed by atoms with van der Waals surface area (Å²) < 4.78 is 10.2. The van der Waals surface area contributed by atoms with Gasteiger partial charge in [0.1, 0.15) is 10.7 Å². The van der Waals surface area contributed by atoms with Crippen LogP contribution in [0.5, 0.6) is 0 Å². The number of esters is 2. The molecule has 0 bridgehead atoms. The van der Waals surface area contributed by atoms with Crippen molar-refractivity contribution in [3.8, 4) is 0 Å². The zero-order valence-electron chi connectivity index (χ0n) is 17.9. The van der Waals surface area contributed by atoms with Crippen LogP contribution in [-0.2, 0) is 23.9 Å². The summed E-state index contributed by atoms with van der Waals surface area (Å²) in [6.45, 7) is 6.05. The minimum Gasteiger partial charge on any atom is -0.427 e. The molecule has 2 heterocycles. The Kier molecular flexibility index (Phi) is 6.20. The third-order valence-electron chi connectivity index (χ3n) is 5.43. The molecule has 2 aliphatic rings. The van der Waals surface area contributed by atoms with Crippen molar-refractivity contribution in [3.63, 3.8) is 0 Å². The number of aliphatic hydroxyl groups is 1. The lowest BCUT2D eigenvalue weighted by molar-refractivity contribution is -0.175. The van der Waals surface area contributed by atoms with Gasteiger partial charge in [0, 0.05) is 5.56 Å². The lowest BCUT2D eigenvalue weighted by atomic mass is 9.82. The van der Waals surface area contributed by atoms with Crippen molar-refractivity contribution >= 4 is 40.6 Å². The molecule has 0 aliphatic carbocycles. The zero-order valence-corrected chi connectivity index (χ0v) is 18.7. The molecule has 3 N–H and O–H groups in total. The van der Waals surface area contributed by atoms with Crippen LogP contribution in [-0.4, -0.2) is 51.8 Å². The van der Waals surface area contributed by atoms with Gasteiger partial charge in [0.2, 0.25) is 12.7 Å². The monoisotopic (exact) mass is 446 g/mol. The van der Waals surface area contributed by atoms with Gasteiger partial charge in [-0.25, -0.2) is 4.79 Å². The van der Waals surface area contributed by atoms with E-state index in [1.54, 1.807) is 52.0 Å². The maximum absolute atomic E-state index is 12.9. The van der Waals surface area contributed by atoms with E-state index in [-0.39, 0.29) is 22.6 Å². The Balaban J connectivity index is 1.86. The van der Waals surface area contributed by atoms with Crippen LogP contribution >= 0.6 is 12.2 Å². The average Bonchev–Trinajstić information content (AvgIpc) is 3.01. The fourth-order valence-corrected chi connectivity index (χ4v) is 3.91. The number of carbonyl (C=O) groups excluding carboxylic acids is 3. The van der Waals surface area contributed by atoms with Crippen molar-refractivity contribution in [2.45, 2.75) is 46.3 Å². The molecule has 1 saturated heterocycles. The quantitative estimate of drug-likeness (QED) is 0.294. The standard InChI is InChI=1S/C22H26N2O6S/c1-11(25)16-15-9-14(12-5-7-13(8-6-12)18(23)31)17(24(15)19(16)26)20(27)29-10-30-21(28)22(2,3)4/h5-8,11,15-16,25H,9-10H2,1-4H3,(H2,23,31)/t11-,15?,16?/m1/s1. The SMILES string of the molecule is C[C@@H](O)C1C(=O)N2C(C(=O)OCOC(=O)C(C)(C)C)=C(c3ccc(C(N)=S)cc3)CC12. The van der Waals surface area contributed by atoms with Crippen molar-refractivity contribution in [2.24, 2.45) is 17.1 Å². The van der Waals surface area contributed by atoms with Crippen LogP contribution in [0.3, 0.4) is 0 Å². The molecule has 1 aromatic carbocycles. The van der Waals surface area contributed by atoms with Crippen molar-refractivity contribution in [1.82, 2.24) is 4.90 Å². The van der Waals surface area contributed by atoms with Crippen LogP contribution in [0.1, 0.15) is 45.2 Å². The van der Waals surface area contributed by atoms with Crippen molar-refractivity contribution in [1.29, 1.82) is 0 Å². The molecule has 2 unspecified atom stereocenters. The summed E-state index contributed by atoms with van der Waals surface area (Å²) in [7, 11) is 0.